The maximum Gasteiger partial charge on any atom is -0.109 e. The van der Waals surface area contributed by atoms with Crippen molar-refractivity contribution in [2.45, 2.75) is 71.1 Å². The predicted octanol–water partition coefficient (Wildman–Crippen LogP) is 12.5. The normalized spacial score (nSPS) is 13.3. The van der Waals surface area contributed by atoms with Crippen molar-refractivity contribution < 1.29 is 50.2 Å². The van der Waals surface area contributed by atoms with Crippen LogP contribution in [0.2, 0.25) is 0 Å². The van der Waals surface area contributed by atoms with E-state index in [1.165, 1.54) is 56.9 Å². The Balaban J connectivity index is 0.000000189. The summed E-state index contributed by atoms with van der Waals surface area (Å²) >= 11 is 0.493. The summed E-state index contributed by atoms with van der Waals surface area (Å²) in [5.74, 6) is 0. The Kier molecular flexibility index (Phi) is 11.3. The van der Waals surface area contributed by atoms with Crippen LogP contribution in [-0.2, 0) is 47.1 Å². The summed E-state index contributed by atoms with van der Waals surface area (Å²) < 4.78 is 75.7. The van der Waals surface area contributed by atoms with E-state index in [1.807, 2.05) is 12.2 Å². The first-order valence-corrected chi connectivity index (χ1v) is 17.3. The van der Waals surface area contributed by atoms with Crippen LogP contribution in [0.5, 0.6) is 0 Å². The Morgan fingerprint density at radius 2 is 0.958 bits per heavy atom. The van der Waals surface area contributed by atoms with Crippen molar-refractivity contribution in [2.75, 3.05) is 0 Å². The van der Waals surface area contributed by atoms with Crippen LogP contribution in [0.15, 0.2) is 109 Å². The van der Waals surface area contributed by atoms with Gasteiger partial charge in [0.05, 0.1) is 0 Å². The Hall–Kier alpha value is -3.45. The Morgan fingerprint density at radius 1 is 0.583 bits per heavy atom. The fraction of sp³-hybridized carbons (Fsp3) is 0.268. The van der Waals surface area contributed by atoms with Crippen molar-refractivity contribution in [3.8, 4) is 0 Å². The van der Waals surface area contributed by atoms with Crippen molar-refractivity contribution in [3.63, 3.8) is 0 Å². The van der Waals surface area contributed by atoms with E-state index in [2.05, 4.69) is 96.2 Å². The van der Waals surface area contributed by atoms with E-state index in [-0.39, 0.29) is 10.8 Å². The molecule has 0 aromatic heterocycles. The summed E-state index contributed by atoms with van der Waals surface area (Å²) in [7, 11) is 0. The van der Waals surface area contributed by atoms with Crippen LogP contribution in [0.25, 0.3) is 21.5 Å². The first-order valence-electron chi connectivity index (χ1n) is 15.5. The van der Waals surface area contributed by atoms with E-state index in [0.717, 1.165) is 33.9 Å². The second-order valence-corrected chi connectivity index (χ2v) is 15.6. The van der Waals surface area contributed by atoms with Gasteiger partial charge in [-0.15, -0.1) is 46.2 Å². The van der Waals surface area contributed by atoms with E-state index >= 15 is 0 Å². The first kappa shape index (κ1) is 37.4. The first-order chi connectivity index (χ1) is 22.2. The fourth-order valence-corrected chi connectivity index (χ4v) is 6.31. The molecule has 0 atom stereocenters. The molecule has 48 heavy (non-hydrogen) atoms. The van der Waals surface area contributed by atoms with Crippen LogP contribution < -0.4 is 0 Å². The molecular formula is C41H38F6Hf. The summed E-state index contributed by atoms with van der Waals surface area (Å²) in [6.45, 7) is 13.6. The van der Waals surface area contributed by atoms with Crippen molar-refractivity contribution in [3.05, 3.63) is 149 Å². The van der Waals surface area contributed by atoms with E-state index < -0.39 is 23.5 Å². The summed E-state index contributed by atoms with van der Waals surface area (Å²) in [4.78, 5) is 0. The van der Waals surface area contributed by atoms with Gasteiger partial charge in [0, 0.05) is 0 Å². The van der Waals surface area contributed by atoms with E-state index in [0.29, 0.717) is 35.0 Å². The van der Waals surface area contributed by atoms with Crippen molar-refractivity contribution in [2.24, 2.45) is 0 Å². The molecule has 0 amide bonds. The number of allylic oxidation sites excluding steroid dienone is 4. The van der Waals surface area contributed by atoms with Crippen molar-refractivity contribution in [1.82, 2.24) is 0 Å². The van der Waals surface area contributed by atoms with Crippen LogP contribution in [0, 0.1) is 6.08 Å². The molecule has 0 N–H and O–H groups in total. The maximum absolute atomic E-state index is 12.5. The number of rotatable bonds is 2. The van der Waals surface area contributed by atoms with Gasteiger partial charge in [-0.2, -0.15) is 6.08 Å². The Labute approximate surface area is 293 Å². The summed E-state index contributed by atoms with van der Waals surface area (Å²) in [5.41, 5.74) is 2.88. The fourth-order valence-electron chi connectivity index (χ4n) is 5.11. The molecule has 1 aliphatic carbocycles. The number of halogens is 6. The zero-order chi connectivity index (χ0) is 35.5. The third kappa shape index (κ3) is 9.58. The SMILES string of the molecule is CC(C)(C)c1ccc2c(c1)[cH-]c1cc(C(C)(C)C)ccc12.FC(F)(F)c1ccc([C](=[Hf+2])c2ccc(C(F)(F)F)cc2)cc1.[C-]1=CC=CC1. The van der Waals surface area contributed by atoms with Gasteiger partial charge in [-0.25, -0.2) is 12.2 Å². The van der Waals surface area contributed by atoms with E-state index in [9.17, 15) is 26.3 Å². The molecule has 0 nitrogen and oxygen atoms in total. The Morgan fingerprint density at radius 3 is 1.23 bits per heavy atom. The largest absolute Gasteiger partial charge is 0.273 e. The smallest absolute Gasteiger partial charge is 0.109 e. The molecule has 6 rings (SSSR count). The van der Waals surface area contributed by atoms with Crippen LogP contribution in [0.3, 0.4) is 0 Å². The molecule has 5 aromatic rings. The average molecular weight is 823 g/mol. The molecule has 0 heterocycles. The molecule has 0 unspecified atom stereocenters. The van der Waals surface area contributed by atoms with Crippen LogP contribution in [0.4, 0.5) is 26.3 Å². The molecule has 0 bridgehead atoms. The van der Waals surface area contributed by atoms with Gasteiger partial charge in [-0.1, -0.05) is 76.9 Å². The maximum atomic E-state index is 12.5. The van der Waals surface area contributed by atoms with Gasteiger partial charge < -0.3 is 0 Å². The minimum Gasteiger partial charge on any atom is -0.273 e. The molecule has 0 saturated heterocycles. The monoisotopic (exact) mass is 824 g/mol. The zero-order valence-electron chi connectivity index (χ0n) is 27.9. The number of hydrogen-bond donors (Lipinski definition) is 0. The molecular weight excluding hydrogens is 785 g/mol. The summed E-state index contributed by atoms with van der Waals surface area (Å²) in [6.07, 6.45) is 1.19. The van der Waals surface area contributed by atoms with Crippen molar-refractivity contribution in [1.29, 1.82) is 0 Å². The average Bonchev–Trinajstić information content (AvgIpc) is 3.71. The van der Waals surface area contributed by atoms with Gasteiger partial charge in [0.25, 0.3) is 0 Å². The van der Waals surface area contributed by atoms with Gasteiger partial charge in [-0.05, 0) is 10.8 Å². The molecule has 5 aromatic carbocycles. The third-order valence-electron chi connectivity index (χ3n) is 8.02. The minimum atomic E-state index is -4.40. The van der Waals surface area contributed by atoms with E-state index in [1.54, 1.807) is 0 Å². The number of benzene rings is 4. The quantitative estimate of drug-likeness (QED) is 0.0945. The molecule has 0 spiro atoms. The molecule has 7 heteroatoms. The predicted molar refractivity (Wildman–Crippen MR) is 182 cm³/mol. The molecule has 1 aliphatic rings. The number of hydrogen-bond acceptors (Lipinski definition) is 0. The van der Waals surface area contributed by atoms with Gasteiger partial charge in [0.15, 0.2) is 0 Å². The van der Waals surface area contributed by atoms with Gasteiger partial charge in [0.1, 0.15) is 0 Å². The van der Waals surface area contributed by atoms with Crippen LogP contribution in [-0.4, -0.2) is 3.26 Å². The van der Waals surface area contributed by atoms with Crippen molar-refractivity contribution >= 4 is 24.8 Å². The Bertz CT molecular complexity index is 1780. The second-order valence-electron chi connectivity index (χ2n) is 13.8. The molecule has 0 aliphatic heterocycles. The number of alkyl halides is 6. The molecule has 248 valence electrons. The summed E-state index contributed by atoms with van der Waals surface area (Å²) in [5, 5.41) is 5.48. The van der Waals surface area contributed by atoms with Gasteiger partial charge in [0.2, 0.25) is 0 Å². The summed E-state index contributed by atoms with van der Waals surface area (Å²) in [6, 6.07) is 25.4. The van der Waals surface area contributed by atoms with Gasteiger partial charge in [-0.3, -0.25) is 6.08 Å². The molecule has 0 radical (unpaired) electrons. The minimum absolute atomic E-state index is 0.203. The molecule has 0 saturated carbocycles. The second kappa shape index (κ2) is 14.6. The van der Waals surface area contributed by atoms with Gasteiger partial charge >= 0.3 is 137 Å². The van der Waals surface area contributed by atoms with E-state index in [4.69, 9.17) is 0 Å². The zero-order valence-corrected chi connectivity index (χ0v) is 31.5. The third-order valence-corrected chi connectivity index (χ3v) is 10.1. The number of fused-ring (bicyclic) bond motifs is 3. The molecule has 0 fully saturated rings. The topological polar surface area (TPSA) is 0 Å². The standard InChI is InChI=1S/C21H25.C15H8F6.C5H5.Hf/c1-20(2,3)16-7-9-18-14(12-16)11-15-13-17(21(4,5)6)8-10-19(15)18;16-14(17,18)12-5-1-10(2-6-12)9-11-3-7-13(8-4-11)15(19,20)21;1-2-4-5-3-1;/h7-13H,1-6H3;1-8H;1-3H,4H2;/q-1;;-1;+2. The van der Waals surface area contributed by atoms with Crippen LogP contribution >= 0.6 is 0 Å². The van der Waals surface area contributed by atoms with Crippen LogP contribution in [0.1, 0.15) is 81.3 Å².